The normalized spacial score (nSPS) is 10.2. The van der Waals surface area contributed by atoms with E-state index in [9.17, 15) is 0 Å². The van der Waals surface area contributed by atoms with Gasteiger partial charge in [-0.3, -0.25) is 0 Å². The van der Waals surface area contributed by atoms with E-state index >= 15 is 0 Å². The average Bonchev–Trinajstić information content (AvgIpc) is 2.20. The Labute approximate surface area is 109 Å². The van der Waals surface area contributed by atoms with Crippen molar-refractivity contribution in [3.8, 4) is 0 Å². The summed E-state index contributed by atoms with van der Waals surface area (Å²) in [7, 11) is 0. The van der Waals surface area contributed by atoms with Gasteiger partial charge in [-0.05, 0) is 28.9 Å². The molecule has 0 aromatic carbocycles. The van der Waals surface area contributed by atoms with Gasteiger partial charge in [0, 0.05) is 17.2 Å². The van der Waals surface area contributed by atoms with Crippen molar-refractivity contribution in [2.45, 2.75) is 6.92 Å². The molecular formula is C11H14BrClN2O. The summed E-state index contributed by atoms with van der Waals surface area (Å²) < 4.78 is 6.20. The van der Waals surface area contributed by atoms with Gasteiger partial charge in [0.25, 0.3) is 0 Å². The highest BCUT2D eigenvalue weighted by Gasteiger charge is 2.01. The Hall–Kier alpha value is -0.580. The van der Waals surface area contributed by atoms with E-state index in [1.165, 1.54) is 0 Å². The highest BCUT2D eigenvalue weighted by atomic mass is 79.9. The van der Waals surface area contributed by atoms with Gasteiger partial charge in [0.05, 0.1) is 18.2 Å². The monoisotopic (exact) mass is 304 g/mol. The van der Waals surface area contributed by atoms with Gasteiger partial charge in [-0.15, -0.1) is 0 Å². The van der Waals surface area contributed by atoms with Gasteiger partial charge in [-0.1, -0.05) is 23.8 Å². The largest absolute Gasteiger partial charge is 0.375 e. The van der Waals surface area contributed by atoms with Crippen molar-refractivity contribution >= 4 is 33.3 Å². The zero-order valence-electron chi connectivity index (χ0n) is 9.09. The minimum atomic E-state index is 0.586. The first kappa shape index (κ1) is 13.5. The zero-order chi connectivity index (χ0) is 12.0. The summed E-state index contributed by atoms with van der Waals surface area (Å²) in [6.07, 6.45) is 1.70. The van der Waals surface area contributed by atoms with E-state index < -0.39 is 0 Å². The smallest absolute Gasteiger partial charge is 0.144 e. The quantitative estimate of drug-likeness (QED) is 0.645. The van der Waals surface area contributed by atoms with Gasteiger partial charge >= 0.3 is 0 Å². The Morgan fingerprint density at radius 1 is 1.69 bits per heavy atom. The number of nitrogens with zero attached hydrogens (tertiary/aromatic N) is 1. The molecule has 1 rings (SSSR count). The Morgan fingerprint density at radius 3 is 3.06 bits per heavy atom. The van der Waals surface area contributed by atoms with Crippen LogP contribution in [0.1, 0.15) is 6.92 Å². The number of hydrogen-bond acceptors (Lipinski definition) is 3. The van der Waals surface area contributed by atoms with Crippen LogP contribution in [-0.2, 0) is 4.74 Å². The molecule has 0 atom stereocenters. The highest BCUT2D eigenvalue weighted by Crippen LogP contribution is 2.22. The van der Waals surface area contributed by atoms with E-state index in [0.29, 0.717) is 30.6 Å². The van der Waals surface area contributed by atoms with Crippen LogP contribution in [0, 0.1) is 0 Å². The van der Waals surface area contributed by atoms with Crippen molar-refractivity contribution in [3.05, 3.63) is 33.9 Å². The zero-order valence-corrected chi connectivity index (χ0v) is 11.4. The first-order valence-corrected chi connectivity index (χ1v) is 6.03. The molecule has 3 nitrogen and oxygen atoms in total. The molecule has 0 radical (unpaired) electrons. The van der Waals surface area contributed by atoms with Crippen LogP contribution < -0.4 is 5.32 Å². The molecule has 0 amide bonds. The van der Waals surface area contributed by atoms with Gasteiger partial charge < -0.3 is 10.1 Å². The van der Waals surface area contributed by atoms with Crippen LogP contribution in [0.3, 0.4) is 0 Å². The minimum absolute atomic E-state index is 0.586. The molecule has 0 fully saturated rings. The predicted molar refractivity (Wildman–Crippen MR) is 71.1 cm³/mol. The van der Waals surface area contributed by atoms with Crippen molar-refractivity contribution in [1.82, 2.24) is 4.98 Å². The van der Waals surface area contributed by atoms with Gasteiger partial charge in [-0.2, -0.15) is 0 Å². The number of aromatic nitrogens is 1. The van der Waals surface area contributed by atoms with Crippen molar-refractivity contribution in [3.63, 3.8) is 0 Å². The molecule has 0 saturated heterocycles. The summed E-state index contributed by atoms with van der Waals surface area (Å²) in [4.78, 5) is 4.15. The molecular weight excluding hydrogens is 291 g/mol. The summed E-state index contributed by atoms with van der Waals surface area (Å²) in [6.45, 7) is 7.53. The predicted octanol–water partition coefficient (Wildman–Crippen LogP) is 3.50. The maximum absolute atomic E-state index is 5.98. The first-order valence-electron chi connectivity index (χ1n) is 4.86. The number of halogens is 2. The highest BCUT2D eigenvalue weighted by molar-refractivity contribution is 9.10. The van der Waals surface area contributed by atoms with E-state index in [0.717, 1.165) is 10.0 Å². The summed E-state index contributed by atoms with van der Waals surface area (Å²) in [5.74, 6) is 0.670. The van der Waals surface area contributed by atoms with Gasteiger partial charge in [0.2, 0.25) is 0 Å². The lowest BCUT2D eigenvalue weighted by molar-refractivity contribution is 0.167. The van der Waals surface area contributed by atoms with Gasteiger partial charge in [0.1, 0.15) is 5.82 Å². The number of nitrogens with one attached hydrogen (secondary N) is 1. The second-order valence-corrected chi connectivity index (χ2v) is 4.74. The van der Waals surface area contributed by atoms with Gasteiger partial charge in [0.15, 0.2) is 0 Å². The number of hydrogen-bond donors (Lipinski definition) is 1. The fourth-order valence-electron chi connectivity index (χ4n) is 1.03. The van der Waals surface area contributed by atoms with Crippen LogP contribution >= 0.6 is 27.5 Å². The van der Waals surface area contributed by atoms with Crippen LogP contribution in [0.25, 0.3) is 0 Å². The van der Waals surface area contributed by atoms with Crippen molar-refractivity contribution in [2.75, 3.05) is 25.1 Å². The number of pyridine rings is 1. The van der Waals surface area contributed by atoms with Crippen LogP contribution in [0.5, 0.6) is 0 Å². The third kappa shape index (κ3) is 4.96. The Kier molecular flexibility index (Phi) is 5.80. The van der Waals surface area contributed by atoms with E-state index in [2.05, 4.69) is 32.8 Å². The molecule has 0 spiro atoms. The third-order valence-electron chi connectivity index (χ3n) is 1.70. The molecule has 1 N–H and O–H groups in total. The molecule has 0 aliphatic heterocycles. The summed E-state index contributed by atoms with van der Waals surface area (Å²) in [5.41, 5.74) is 1.01. The van der Waals surface area contributed by atoms with Crippen molar-refractivity contribution in [2.24, 2.45) is 0 Å². The fourth-order valence-corrected chi connectivity index (χ4v) is 1.73. The van der Waals surface area contributed by atoms with E-state index in [1.54, 1.807) is 12.3 Å². The molecule has 0 aliphatic carbocycles. The topological polar surface area (TPSA) is 34.1 Å². The number of ether oxygens (including phenoxy) is 1. The summed E-state index contributed by atoms with van der Waals surface area (Å²) in [5, 5.41) is 3.69. The number of anilines is 1. The van der Waals surface area contributed by atoms with E-state index in [4.69, 9.17) is 16.3 Å². The van der Waals surface area contributed by atoms with Crippen molar-refractivity contribution in [1.29, 1.82) is 0 Å². The third-order valence-corrected chi connectivity index (χ3v) is 2.42. The van der Waals surface area contributed by atoms with Crippen LogP contribution in [0.2, 0.25) is 5.02 Å². The second kappa shape index (κ2) is 6.89. The molecule has 5 heteroatoms. The molecule has 1 aromatic heterocycles. The Bertz CT molecular complexity index is 371. The van der Waals surface area contributed by atoms with Crippen molar-refractivity contribution < 1.29 is 4.74 Å². The Morgan fingerprint density at radius 2 is 2.44 bits per heavy atom. The van der Waals surface area contributed by atoms with E-state index in [-0.39, 0.29) is 0 Å². The Balaban J connectivity index is 2.29. The molecule has 88 valence electrons. The minimum Gasteiger partial charge on any atom is -0.375 e. The molecule has 0 aliphatic rings. The van der Waals surface area contributed by atoms with Crippen LogP contribution in [0.15, 0.2) is 28.9 Å². The molecule has 16 heavy (non-hydrogen) atoms. The lowest BCUT2D eigenvalue weighted by Crippen LogP contribution is -2.11. The van der Waals surface area contributed by atoms with Gasteiger partial charge in [-0.25, -0.2) is 4.98 Å². The maximum atomic E-state index is 5.98. The van der Waals surface area contributed by atoms with Crippen LogP contribution in [-0.4, -0.2) is 24.7 Å². The second-order valence-electron chi connectivity index (χ2n) is 3.42. The SMILES string of the molecule is C=C(C)COCCNc1ncc(Br)cc1Cl. The molecule has 1 heterocycles. The lowest BCUT2D eigenvalue weighted by Gasteiger charge is -2.08. The lowest BCUT2D eigenvalue weighted by atomic mass is 10.4. The van der Waals surface area contributed by atoms with E-state index in [1.807, 2.05) is 6.92 Å². The molecule has 0 unspecified atom stereocenters. The first-order chi connectivity index (χ1) is 7.59. The maximum Gasteiger partial charge on any atom is 0.144 e. The standard InChI is InChI=1S/C11H14BrClN2O/c1-8(2)7-16-4-3-14-11-10(13)5-9(12)6-15-11/h5-6H,1,3-4,7H2,2H3,(H,14,15). The molecule has 0 saturated carbocycles. The summed E-state index contributed by atoms with van der Waals surface area (Å²) >= 11 is 9.28. The number of rotatable bonds is 6. The molecule has 1 aromatic rings. The molecule has 0 bridgehead atoms. The van der Waals surface area contributed by atoms with Crippen LogP contribution in [0.4, 0.5) is 5.82 Å². The summed E-state index contributed by atoms with van der Waals surface area (Å²) in [6, 6.07) is 1.80. The fraction of sp³-hybridized carbons (Fsp3) is 0.364. The average molecular weight is 306 g/mol.